The predicted molar refractivity (Wildman–Crippen MR) is 92.9 cm³/mol. The number of hydrogen-bond acceptors (Lipinski definition) is 3. The van der Waals surface area contributed by atoms with Crippen LogP contribution in [0.15, 0.2) is 22.7 Å². The maximum absolute atomic E-state index is 5.67. The van der Waals surface area contributed by atoms with Gasteiger partial charge < -0.3 is 10.6 Å². The van der Waals surface area contributed by atoms with Gasteiger partial charge in [-0.2, -0.15) is 0 Å². The summed E-state index contributed by atoms with van der Waals surface area (Å²) in [6, 6.07) is 8.11. The molecule has 0 aromatic heterocycles. The summed E-state index contributed by atoms with van der Waals surface area (Å²) in [6.45, 7) is 6.72. The van der Waals surface area contributed by atoms with Crippen molar-refractivity contribution in [2.24, 2.45) is 5.73 Å². The number of halogens is 1. The van der Waals surface area contributed by atoms with E-state index in [2.05, 4.69) is 50.9 Å². The first-order chi connectivity index (χ1) is 10.2. The molecule has 2 atom stereocenters. The number of anilines is 1. The highest BCUT2D eigenvalue weighted by Gasteiger charge is 2.33. The van der Waals surface area contributed by atoms with Crippen molar-refractivity contribution in [3.05, 3.63) is 28.2 Å². The number of benzene rings is 1. The smallest absolute Gasteiger partial charge is 0.0389 e. The summed E-state index contributed by atoms with van der Waals surface area (Å²) in [7, 11) is 0. The molecule has 0 bridgehead atoms. The standard InChI is InChI=1S/C17H26BrN3/c1-13-11-20-9-3-2-4-16(20)12-21(13)15-6-5-14(7-8-19)17(18)10-15/h5-6,10,13,16H,2-4,7-9,11-12,19H2,1H3. The summed E-state index contributed by atoms with van der Waals surface area (Å²) in [6.07, 6.45) is 5.06. The Hall–Kier alpha value is -0.580. The molecule has 1 aromatic rings. The fourth-order valence-electron chi connectivity index (χ4n) is 3.79. The molecule has 2 heterocycles. The molecule has 0 spiro atoms. The van der Waals surface area contributed by atoms with Crippen LogP contribution < -0.4 is 10.6 Å². The summed E-state index contributed by atoms with van der Waals surface area (Å²) < 4.78 is 1.20. The number of nitrogens with two attached hydrogens (primary N) is 1. The number of rotatable bonds is 3. The van der Waals surface area contributed by atoms with Crippen molar-refractivity contribution in [1.82, 2.24) is 4.90 Å². The fraction of sp³-hybridized carbons (Fsp3) is 0.647. The van der Waals surface area contributed by atoms with Gasteiger partial charge in [-0.05, 0) is 57.0 Å². The van der Waals surface area contributed by atoms with E-state index in [0.29, 0.717) is 12.6 Å². The average Bonchev–Trinajstić information content (AvgIpc) is 2.49. The molecule has 2 unspecified atom stereocenters. The Balaban J connectivity index is 1.77. The molecular weight excluding hydrogens is 326 g/mol. The zero-order chi connectivity index (χ0) is 14.8. The van der Waals surface area contributed by atoms with Crippen LogP contribution in [0.2, 0.25) is 0 Å². The van der Waals surface area contributed by atoms with Crippen LogP contribution >= 0.6 is 15.9 Å². The van der Waals surface area contributed by atoms with E-state index in [9.17, 15) is 0 Å². The molecule has 0 amide bonds. The van der Waals surface area contributed by atoms with E-state index in [1.807, 2.05) is 0 Å². The van der Waals surface area contributed by atoms with Crippen LogP contribution in [-0.4, -0.2) is 43.2 Å². The summed E-state index contributed by atoms with van der Waals surface area (Å²) in [5, 5.41) is 0. The topological polar surface area (TPSA) is 32.5 Å². The van der Waals surface area contributed by atoms with Crippen molar-refractivity contribution in [2.75, 3.05) is 31.1 Å². The van der Waals surface area contributed by atoms with Crippen molar-refractivity contribution < 1.29 is 0 Å². The molecule has 2 N–H and O–H groups in total. The first-order valence-corrected chi connectivity index (χ1v) is 8.97. The van der Waals surface area contributed by atoms with Gasteiger partial charge in [-0.3, -0.25) is 4.90 Å². The van der Waals surface area contributed by atoms with Crippen LogP contribution in [0.1, 0.15) is 31.7 Å². The Labute approximate surface area is 136 Å². The molecule has 0 radical (unpaired) electrons. The number of hydrogen-bond donors (Lipinski definition) is 1. The zero-order valence-corrected chi connectivity index (χ0v) is 14.5. The molecule has 0 aliphatic carbocycles. The van der Waals surface area contributed by atoms with Crippen LogP contribution in [0.5, 0.6) is 0 Å². The van der Waals surface area contributed by atoms with E-state index >= 15 is 0 Å². The lowest BCUT2D eigenvalue weighted by Gasteiger charge is -2.48. The molecule has 0 saturated carbocycles. The molecular formula is C17H26BrN3. The first-order valence-electron chi connectivity index (χ1n) is 8.18. The SMILES string of the molecule is CC1CN2CCCCC2CN1c1ccc(CCN)c(Br)c1. The third-order valence-corrected chi connectivity index (χ3v) is 5.71. The Bertz CT molecular complexity index is 491. The highest BCUT2D eigenvalue weighted by atomic mass is 79.9. The van der Waals surface area contributed by atoms with Gasteiger partial charge in [0, 0.05) is 35.3 Å². The monoisotopic (exact) mass is 351 g/mol. The summed E-state index contributed by atoms with van der Waals surface area (Å²) >= 11 is 3.71. The Morgan fingerprint density at radius 2 is 2.14 bits per heavy atom. The Kier molecular flexibility index (Phi) is 4.87. The largest absolute Gasteiger partial charge is 0.366 e. The van der Waals surface area contributed by atoms with Gasteiger partial charge in [-0.25, -0.2) is 0 Å². The molecule has 3 rings (SSSR count). The van der Waals surface area contributed by atoms with Gasteiger partial charge in [0.25, 0.3) is 0 Å². The second-order valence-corrected chi connectivity index (χ2v) is 7.31. The van der Waals surface area contributed by atoms with Gasteiger partial charge in [-0.1, -0.05) is 28.4 Å². The van der Waals surface area contributed by atoms with E-state index in [4.69, 9.17) is 5.73 Å². The van der Waals surface area contributed by atoms with E-state index in [-0.39, 0.29) is 0 Å². The summed E-state index contributed by atoms with van der Waals surface area (Å²) in [5.74, 6) is 0. The molecule has 2 saturated heterocycles. The lowest BCUT2D eigenvalue weighted by Crippen LogP contribution is -2.58. The zero-order valence-electron chi connectivity index (χ0n) is 12.9. The van der Waals surface area contributed by atoms with E-state index < -0.39 is 0 Å². The highest BCUT2D eigenvalue weighted by molar-refractivity contribution is 9.10. The summed E-state index contributed by atoms with van der Waals surface area (Å²) in [5.41, 5.74) is 8.33. The Morgan fingerprint density at radius 1 is 1.29 bits per heavy atom. The van der Waals surface area contributed by atoms with Gasteiger partial charge in [0.05, 0.1) is 0 Å². The van der Waals surface area contributed by atoms with Gasteiger partial charge >= 0.3 is 0 Å². The molecule has 1 aromatic carbocycles. The molecule has 21 heavy (non-hydrogen) atoms. The van der Waals surface area contributed by atoms with Gasteiger partial charge in [0.15, 0.2) is 0 Å². The second-order valence-electron chi connectivity index (χ2n) is 6.46. The lowest BCUT2D eigenvalue weighted by molar-refractivity contribution is 0.115. The van der Waals surface area contributed by atoms with Crippen molar-refractivity contribution in [3.63, 3.8) is 0 Å². The predicted octanol–water partition coefficient (Wildman–Crippen LogP) is 3.01. The minimum atomic E-state index is 0.589. The van der Waals surface area contributed by atoms with Crippen molar-refractivity contribution in [1.29, 1.82) is 0 Å². The second kappa shape index (κ2) is 6.67. The minimum Gasteiger partial charge on any atom is -0.366 e. The number of piperazine rings is 1. The molecule has 3 nitrogen and oxygen atoms in total. The number of piperidine rings is 1. The van der Waals surface area contributed by atoms with Crippen molar-refractivity contribution >= 4 is 21.6 Å². The van der Waals surface area contributed by atoms with Gasteiger partial charge in [0.1, 0.15) is 0 Å². The average molecular weight is 352 g/mol. The molecule has 116 valence electrons. The number of nitrogens with zero attached hydrogens (tertiary/aromatic N) is 2. The van der Waals surface area contributed by atoms with Gasteiger partial charge in [0.2, 0.25) is 0 Å². The first kappa shape index (κ1) is 15.3. The number of fused-ring (bicyclic) bond motifs is 1. The third kappa shape index (κ3) is 3.27. The quantitative estimate of drug-likeness (QED) is 0.908. The molecule has 4 heteroatoms. The normalized spacial score (nSPS) is 26.7. The van der Waals surface area contributed by atoms with Crippen molar-refractivity contribution in [3.8, 4) is 0 Å². The van der Waals surface area contributed by atoms with Gasteiger partial charge in [-0.15, -0.1) is 0 Å². The maximum atomic E-state index is 5.67. The van der Waals surface area contributed by atoms with Crippen LogP contribution in [0.4, 0.5) is 5.69 Å². The fourth-order valence-corrected chi connectivity index (χ4v) is 4.35. The maximum Gasteiger partial charge on any atom is 0.0389 e. The van der Waals surface area contributed by atoms with Crippen LogP contribution in [0.25, 0.3) is 0 Å². The molecule has 2 fully saturated rings. The van der Waals surface area contributed by atoms with E-state index in [1.54, 1.807) is 0 Å². The Morgan fingerprint density at radius 3 is 2.90 bits per heavy atom. The van der Waals surface area contributed by atoms with E-state index in [1.165, 1.54) is 54.6 Å². The highest BCUT2D eigenvalue weighted by Crippen LogP contribution is 2.30. The van der Waals surface area contributed by atoms with Crippen molar-refractivity contribution in [2.45, 2.75) is 44.7 Å². The van der Waals surface area contributed by atoms with Crippen LogP contribution in [0, 0.1) is 0 Å². The third-order valence-electron chi connectivity index (χ3n) is 4.97. The molecule has 2 aliphatic heterocycles. The lowest BCUT2D eigenvalue weighted by atomic mass is 9.96. The van der Waals surface area contributed by atoms with E-state index in [0.717, 1.165) is 12.5 Å². The minimum absolute atomic E-state index is 0.589. The summed E-state index contributed by atoms with van der Waals surface area (Å²) in [4.78, 5) is 5.28. The molecule has 2 aliphatic rings. The van der Waals surface area contributed by atoms with Crippen LogP contribution in [0.3, 0.4) is 0 Å². The van der Waals surface area contributed by atoms with Crippen LogP contribution in [-0.2, 0) is 6.42 Å².